The Morgan fingerprint density at radius 1 is 0.632 bits per heavy atom. The third-order valence-corrected chi connectivity index (χ3v) is 9.80. The number of carboxylic acids is 1. The highest BCUT2D eigenvalue weighted by atomic mass is 16.4. The summed E-state index contributed by atoms with van der Waals surface area (Å²) in [7, 11) is 0. The Hall–Kier alpha value is -5.41. The Balaban J connectivity index is 3.36. The van der Waals surface area contributed by atoms with E-state index in [-0.39, 0.29) is 75.5 Å². The smallest absolute Gasteiger partial charge is 0.326 e. The first kappa shape index (κ1) is 49.6. The molecular weight excluding hydrogens is 742 g/mol. The quantitative estimate of drug-likeness (QED) is 0.0225. The molecule has 0 unspecified atom stereocenters. The zero-order valence-corrected chi connectivity index (χ0v) is 33.6. The van der Waals surface area contributed by atoms with Crippen LogP contribution in [0.4, 0.5) is 0 Å². The largest absolute Gasteiger partial charge is 0.480 e. The zero-order chi connectivity index (χ0) is 43.1. The van der Waals surface area contributed by atoms with Crippen LogP contribution in [0.2, 0.25) is 0 Å². The van der Waals surface area contributed by atoms with Crippen molar-refractivity contribution in [2.75, 3.05) is 26.2 Å². The topological polar surface area (TPSA) is 381 Å². The van der Waals surface area contributed by atoms with Crippen LogP contribution in [0.3, 0.4) is 0 Å². The van der Waals surface area contributed by atoms with E-state index in [0.29, 0.717) is 32.2 Å². The maximum Gasteiger partial charge on any atom is 0.326 e. The number of carbonyl (C=O) groups excluding carboxylic acids is 5. The predicted octanol–water partition coefficient (Wildman–Crippen LogP) is -2.87. The predicted molar refractivity (Wildman–Crippen MR) is 215 cm³/mol. The Labute approximate surface area is 334 Å². The summed E-state index contributed by atoms with van der Waals surface area (Å²) in [6.45, 7) is 8.29. The number of nitrogens with one attached hydrogen (secondary N) is 12. The standard InChI is InChI=1S/C35H67N15O7/c1-5-19(3)25(31(55)48-24(14-10-18-45-35(40)41)30(54)50-26(32(56)57)20(4)6-2)49-29(53)23(13-9-17-44-34(38)39)47-28(52)22(12-8-16-43-33(36)37)46-27(51)21-11-7-15-42-21/h19-26,42H,5-18H2,1-4H3,(H,46,51)(H,47,52)(H,48,55)(H,49,53)(H,50,54)(H,56,57)(H4,36,37,43)(H4,38,39,44)(H4,40,41,45)/t19-,20-,21-,22-,23-,24-,25-,26-/m0/s1. The van der Waals surface area contributed by atoms with Gasteiger partial charge in [0.05, 0.1) is 6.04 Å². The molecule has 0 aliphatic carbocycles. The maximum absolute atomic E-state index is 14.0. The van der Waals surface area contributed by atoms with E-state index < -0.39 is 77.7 Å². The first-order valence-electron chi connectivity index (χ1n) is 19.6. The molecule has 0 radical (unpaired) electrons. The maximum atomic E-state index is 14.0. The van der Waals surface area contributed by atoms with Crippen LogP contribution < -0.4 is 65.1 Å². The minimum atomic E-state index is -1.23. The second-order valence-electron chi connectivity index (χ2n) is 14.4. The van der Waals surface area contributed by atoms with Gasteiger partial charge in [0.15, 0.2) is 17.9 Å². The molecule has 19 N–H and O–H groups in total. The summed E-state index contributed by atoms with van der Waals surface area (Å²) in [5.74, 6) is -6.16. The molecule has 57 heavy (non-hydrogen) atoms. The first-order valence-corrected chi connectivity index (χ1v) is 19.6. The van der Waals surface area contributed by atoms with Gasteiger partial charge in [-0.25, -0.2) is 4.79 Å². The molecule has 0 aromatic rings. The number of amides is 5. The minimum Gasteiger partial charge on any atom is -0.480 e. The molecule has 1 aliphatic rings. The number of hydrogen-bond acceptors (Lipinski definition) is 10. The fourth-order valence-electron chi connectivity index (χ4n) is 6.00. The Kier molecular flexibility index (Phi) is 23.0. The monoisotopic (exact) mass is 810 g/mol. The van der Waals surface area contributed by atoms with E-state index >= 15 is 0 Å². The molecule has 1 aliphatic heterocycles. The molecule has 0 aromatic carbocycles. The molecular formula is C35H67N15O7. The molecule has 324 valence electrons. The van der Waals surface area contributed by atoms with Crippen LogP contribution in [-0.2, 0) is 28.8 Å². The van der Waals surface area contributed by atoms with Gasteiger partial charge in [-0.05, 0) is 69.7 Å². The van der Waals surface area contributed by atoms with Crippen molar-refractivity contribution in [2.45, 2.75) is 128 Å². The van der Waals surface area contributed by atoms with Gasteiger partial charge in [0.2, 0.25) is 29.5 Å². The zero-order valence-electron chi connectivity index (χ0n) is 33.6. The number of carbonyl (C=O) groups is 6. The lowest BCUT2D eigenvalue weighted by molar-refractivity contribution is -0.144. The first-order chi connectivity index (χ1) is 26.9. The van der Waals surface area contributed by atoms with Crippen LogP contribution >= 0.6 is 0 Å². The summed E-state index contributed by atoms with van der Waals surface area (Å²) in [5, 5.41) is 56.5. The lowest BCUT2D eigenvalue weighted by atomic mass is 9.96. The van der Waals surface area contributed by atoms with Crippen molar-refractivity contribution in [1.29, 1.82) is 16.2 Å². The van der Waals surface area contributed by atoms with Crippen molar-refractivity contribution >= 4 is 53.4 Å². The molecule has 0 bridgehead atoms. The van der Waals surface area contributed by atoms with Crippen molar-refractivity contribution in [3.63, 3.8) is 0 Å². The summed E-state index contributed by atoms with van der Waals surface area (Å²) in [6.07, 6.45) is 3.37. The van der Waals surface area contributed by atoms with Crippen LogP contribution in [0.1, 0.15) is 91.9 Å². The van der Waals surface area contributed by atoms with Crippen LogP contribution in [0.15, 0.2) is 0 Å². The van der Waals surface area contributed by atoms with Crippen molar-refractivity contribution in [3.8, 4) is 0 Å². The van der Waals surface area contributed by atoms with Gasteiger partial charge < -0.3 is 70.2 Å². The summed E-state index contributed by atoms with van der Waals surface area (Å²) in [4.78, 5) is 80.4. The fourth-order valence-corrected chi connectivity index (χ4v) is 6.00. The van der Waals surface area contributed by atoms with Crippen LogP contribution in [0.25, 0.3) is 0 Å². The molecule has 22 heteroatoms. The highest BCUT2D eigenvalue weighted by Gasteiger charge is 2.35. The Bertz CT molecular complexity index is 1380. The third kappa shape index (κ3) is 19.3. The minimum absolute atomic E-state index is 0.0408. The van der Waals surface area contributed by atoms with E-state index in [1.165, 1.54) is 0 Å². The molecule has 1 heterocycles. The second kappa shape index (κ2) is 26.4. The third-order valence-electron chi connectivity index (χ3n) is 9.80. The average Bonchev–Trinajstić information content (AvgIpc) is 3.70. The van der Waals surface area contributed by atoms with Crippen LogP contribution in [0, 0.1) is 28.1 Å². The van der Waals surface area contributed by atoms with Crippen LogP contribution in [0.5, 0.6) is 0 Å². The van der Waals surface area contributed by atoms with E-state index in [4.69, 9.17) is 33.4 Å². The lowest BCUT2D eigenvalue weighted by Crippen LogP contribution is -2.60. The van der Waals surface area contributed by atoms with Gasteiger partial charge in [0.25, 0.3) is 0 Å². The number of carboxylic acid groups (broad SMARTS) is 1. The number of nitrogens with two attached hydrogens (primary N) is 3. The van der Waals surface area contributed by atoms with Crippen molar-refractivity contribution in [1.82, 2.24) is 47.9 Å². The summed E-state index contributed by atoms with van der Waals surface area (Å²) in [5.41, 5.74) is 16.2. The van der Waals surface area contributed by atoms with Crippen molar-refractivity contribution in [2.24, 2.45) is 29.0 Å². The molecule has 8 atom stereocenters. The van der Waals surface area contributed by atoms with Gasteiger partial charge in [0, 0.05) is 19.6 Å². The molecule has 0 saturated carbocycles. The number of hydrogen-bond donors (Lipinski definition) is 16. The Morgan fingerprint density at radius 2 is 1.02 bits per heavy atom. The molecule has 1 fully saturated rings. The van der Waals surface area contributed by atoms with Crippen LogP contribution in [-0.4, -0.2) is 121 Å². The highest BCUT2D eigenvalue weighted by Crippen LogP contribution is 2.13. The fraction of sp³-hybridized carbons (Fsp3) is 0.743. The Morgan fingerprint density at radius 3 is 1.40 bits per heavy atom. The molecule has 0 aromatic heterocycles. The number of aliphatic carboxylic acids is 1. The van der Waals surface area contributed by atoms with Gasteiger partial charge in [-0.15, -0.1) is 0 Å². The molecule has 1 rings (SSSR count). The van der Waals surface area contributed by atoms with Crippen molar-refractivity contribution < 1.29 is 33.9 Å². The van der Waals surface area contributed by atoms with E-state index in [0.717, 1.165) is 6.42 Å². The van der Waals surface area contributed by atoms with E-state index in [2.05, 4.69) is 47.9 Å². The van der Waals surface area contributed by atoms with Gasteiger partial charge in [-0.2, -0.15) is 0 Å². The molecule has 0 spiro atoms. The van der Waals surface area contributed by atoms with E-state index in [1.807, 2.05) is 0 Å². The molecule has 1 saturated heterocycles. The lowest BCUT2D eigenvalue weighted by Gasteiger charge is -2.30. The van der Waals surface area contributed by atoms with Gasteiger partial charge in [-0.3, -0.25) is 40.2 Å². The van der Waals surface area contributed by atoms with Gasteiger partial charge in [-0.1, -0.05) is 40.5 Å². The van der Waals surface area contributed by atoms with Gasteiger partial charge >= 0.3 is 5.97 Å². The SMILES string of the molecule is CC[C@H](C)[C@H](NC(=O)[C@H](CCCNC(=N)N)NC(=O)[C@@H](NC(=O)[C@H](CCCNC(=N)N)NC(=O)[C@H](CCCNC(=N)N)NC(=O)[C@@H]1CCCN1)[C@@H](C)CC)C(=O)O. The van der Waals surface area contributed by atoms with E-state index in [1.54, 1.807) is 27.7 Å². The summed E-state index contributed by atoms with van der Waals surface area (Å²) in [6, 6.07) is -6.40. The molecule has 5 amide bonds. The average molecular weight is 810 g/mol. The number of guanidine groups is 3. The van der Waals surface area contributed by atoms with Gasteiger partial charge in [0.1, 0.15) is 30.2 Å². The second-order valence-corrected chi connectivity index (χ2v) is 14.4. The van der Waals surface area contributed by atoms with E-state index in [9.17, 15) is 33.9 Å². The molecule has 22 nitrogen and oxygen atoms in total. The van der Waals surface area contributed by atoms with Crippen molar-refractivity contribution in [3.05, 3.63) is 0 Å². The summed E-state index contributed by atoms with van der Waals surface area (Å²) >= 11 is 0. The summed E-state index contributed by atoms with van der Waals surface area (Å²) < 4.78 is 0. The number of rotatable bonds is 27. The highest BCUT2D eigenvalue weighted by molar-refractivity contribution is 5.96. The normalized spacial score (nSPS) is 17.2.